The fourth-order valence-corrected chi connectivity index (χ4v) is 4.54. The van der Waals surface area contributed by atoms with E-state index >= 15 is 0 Å². The molecule has 0 radical (unpaired) electrons. The molecule has 0 spiro atoms. The summed E-state index contributed by atoms with van der Waals surface area (Å²) in [5, 5.41) is 1.84. The summed E-state index contributed by atoms with van der Waals surface area (Å²) in [7, 11) is 0. The molecular weight excluding hydrogens is 323 g/mol. The third-order valence-corrected chi connectivity index (χ3v) is 5.84. The first-order valence-corrected chi connectivity index (χ1v) is 9.37. The molecule has 1 aromatic carbocycles. The van der Waals surface area contributed by atoms with Crippen LogP contribution in [0.3, 0.4) is 0 Å². The highest BCUT2D eigenvalue weighted by Gasteiger charge is 2.19. The van der Waals surface area contributed by atoms with Gasteiger partial charge in [0.25, 0.3) is 5.56 Å². The van der Waals surface area contributed by atoms with Gasteiger partial charge in [-0.15, -0.1) is 11.3 Å². The molecule has 3 aromatic rings. The maximum atomic E-state index is 14.1. The van der Waals surface area contributed by atoms with Gasteiger partial charge in [0.2, 0.25) is 0 Å². The van der Waals surface area contributed by atoms with Crippen LogP contribution in [0.25, 0.3) is 21.3 Å². The van der Waals surface area contributed by atoms with E-state index in [1.54, 1.807) is 29.1 Å². The van der Waals surface area contributed by atoms with Gasteiger partial charge in [0.1, 0.15) is 10.5 Å². The van der Waals surface area contributed by atoms with E-state index < -0.39 is 0 Å². The van der Waals surface area contributed by atoms with E-state index in [9.17, 15) is 9.18 Å². The van der Waals surface area contributed by atoms with Gasteiger partial charge in [-0.2, -0.15) is 0 Å². The van der Waals surface area contributed by atoms with E-state index in [1.807, 2.05) is 5.38 Å². The molecule has 1 aliphatic rings. The molecule has 4 rings (SSSR count). The van der Waals surface area contributed by atoms with Gasteiger partial charge in [-0.3, -0.25) is 9.36 Å². The Balaban J connectivity index is 1.81. The SMILES string of the molecule is O=c1c2scc(-c3ccccc3F)c2ncn1C1CCCCCC1. The summed E-state index contributed by atoms with van der Waals surface area (Å²) in [5.74, 6) is -0.285. The van der Waals surface area contributed by atoms with E-state index in [0.29, 0.717) is 21.3 Å². The van der Waals surface area contributed by atoms with Crippen LogP contribution in [0.15, 0.2) is 40.8 Å². The molecule has 1 aliphatic carbocycles. The number of hydrogen-bond donors (Lipinski definition) is 0. The van der Waals surface area contributed by atoms with Crippen LogP contribution in [-0.4, -0.2) is 9.55 Å². The van der Waals surface area contributed by atoms with Crippen LogP contribution in [0.4, 0.5) is 4.39 Å². The average Bonchev–Trinajstić information content (AvgIpc) is 2.84. The molecule has 2 aromatic heterocycles. The van der Waals surface area contributed by atoms with Crippen molar-refractivity contribution in [3.63, 3.8) is 0 Å². The van der Waals surface area contributed by atoms with E-state index in [1.165, 1.54) is 43.1 Å². The summed E-state index contributed by atoms with van der Waals surface area (Å²) in [4.78, 5) is 17.4. The highest BCUT2D eigenvalue weighted by atomic mass is 32.1. The predicted octanol–water partition coefficient (Wildman–Crippen LogP) is 5.16. The molecule has 1 saturated carbocycles. The molecule has 0 unspecified atom stereocenters. The molecule has 24 heavy (non-hydrogen) atoms. The minimum atomic E-state index is -0.285. The molecule has 0 N–H and O–H groups in total. The smallest absolute Gasteiger partial charge is 0.271 e. The zero-order chi connectivity index (χ0) is 16.5. The molecule has 0 bridgehead atoms. The summed E-state index contributed by atoms with van der Waals surface area (Å²) in [6.07, 6.45) is 8.57. The van der Waals surface area contributed by atoms with Crippen molar-refractivity contribution in [3.05, 3.63) is 52.1 Å². The lowest BCUT2D eigenvalue weighted by molar-refractivity contribution is 0.430. The molecule has 5 heteroatoms. The Labute approximate surface area is 143 Å². The molecule has 0 aliphatic heterocycles. The number of rotatable bonds is 2. The Morgan fingerprint density at radius 1 is 1.08 bits per heavy atom. The molecule has 3 nitrogen and oxygen atoms in total. The Hall–Kier alpha value is -2.01. The van der Waals surface area contributed by atoms with Gasteiger partial charge in [-0.1, -0.05) is 43.9 Å². The first kappa shape index (κ1) is 15.5. The molecule has 1 fully saturated rings. The lowest BCUT2D eigenvalue weighted by Crippen LogP contribution is -2.24. The number of fused-ring (bicyclic) bond motifs is 1. The highest BCUT2D eigenvalue weighted by Crippen LogP contribution is 2.33. The van der Waals surface area contributed by atoms with E-state index in [-0.39, 0.29) is 17.4 Å². The van der Waals surface area contributed by atoms with Gasteiger partial charge in [0.05, 0.1) is 11.8 Å². The zero-order valence-electron chi connectivity index (χ0n) is 13.4. The number of halogens is 1. The van der Waals surface area contributed by atoms with Crippen molar-refractivity contribution >= 4 is 21.6 Å². The molecule has 0 amide bonds. The number of benzene rings is 1. The van der Waals surface area contributed by atoms with Crippen LogP contribution in [0, 0.1) is 5.82 Å². The van der Waals surface area contributed by atoms with Crippen molar-refractivity contribution in [1.29, 1.82) is 0 Å². The normalized spacial score (nSPS) is 16.4. The van der Waals surface area contributed by atoms with Crippen molar-refractivity contribution in [3.8, 4) is 11.1 Å². The summed E-state index contributed by atoms with van der Waals surface area (Å²) in [5.41, 5.74) is 1.83. The van der Waals surface area contributed by atoms with Crippen LogP contribution in [-0.2, 0) is 0 Å². The van der Waals surface area contributed by atoms with Crippen molar-refractivity contribution in [1.82, 2.24) is 9.55 Å². The Bertz CT molecular complexity index is 923. The fourth-order valence-electron chi connectivity index (χ4n) is 3.59. The summed E-state index contributed by atoms with van der Waals surface area (Å²) < 4.78 is 16.5. The lowest BCUT2D eigenvalue weighted by atomic mass is 10.1. The second-order valence-electron chi connectivity index (χ2n) is 6.41. The van der Waals surface area contributed by atoms with Crippen LogP contribution in [0.5, 0.6) is 0 Å². The fraction of sp³-hybridized carbons (Fsp3) is 0.368. The largest absolute Gasteiger partial charge is 0.295 e. The summed E-state index contributed by atoms with van der Waals surface area (Å²) in [6, 6.07) is 6.88. The maximum absolute atomic E-state index is 14.1. The summed E-state index contributed by atoms with van der Waals surface area (Å²) >= 11 is 1.36. The van der Waals surface area contributed by atoms with Gasteiger partial charge in [-0.05, 0) is 18.9 Å². The molecule has 0 atom stereocenters. The van der Waals surface area contributed by atoms with Crippen LogP contribution in [0.2, 0.25) is 0 Å². The van der Waals surface area contributed by atoms with E-state index in [2.05, 4.69) is 4.98 Å². The third kappa shape index (κ3) is 2.67. The quantitative estimate of drug-likeness (QED) is 0.603. The standard InChI is InChI=1S/C19H19FN2OS/c20-16-10-6-5-9-14(16)15-11-24-18-17(15)21-12-22(19(18)23)13-7-3-1-2-4-8-13/h5-6,9-13H,1-4,7-8H2. The van der Waals surface area contributed by atoms with Gasteiger partial charge in [-0.25, -0.2) is 9.37 Å². The zero-order valence-corrected chi connectivity index (χ0v) is 14.2. The first-order valence-electron chi connectivity index (χ1n) is 8.49. The number of nitrogens with zero attached hydrogens (tertiary/aromatic N) is 2. The van der Waals surface area contributed by atoms with Crippen molar-refractivity contribution < 1.29 is 4.39 Å². The minimum absolute atomic E-state index is 0.0134. The first-order chi connectivity index (χ1) is 11.8. The van der Waals surface area contributed by atoms with E-state index in [0.717, 1.165) is 12.8 Å². The number of aromatic nitrogens is 2. The van der Waals surface area contributed by atoms with Crippen LogP contribution in [0.1, 0.15) is 44.6 Å². The predicted molar refractivity (Wildman–Crippen MR) is 96.0 cm³/mol. The number of thiophene rings is 1. The molecule has 0 saturated heterocycles. The van der Waals surface area contributed by atoms with Gasteiger partial charge < -0.3 is 0 Å². The second kappa shape index (κ2) is 6.48. The Morgan fingerprint density at radius 2 is 1.83 bits per heavy atom. The van der Waals surface area contributed by atoms with Crippen molar-refractivity contribution in [2.45, 2.75) is 44.6 Å². The van der Waals surface area contributed by atoms with Crippen molar-refractivity contribution in [2.75, 3.05) is 0 Å². The monoisotopic (exact) mass is 342 g/mol. The van der Waals surface area contributed by atoms with Crippen molar-refractivity contribution in [2.24, 2.45) is 0 Å². The topological polar surface area (TPSA) is 34.9 Å². The maximum Gasteiger partial charge on any atom is 0.271 e. The highest BCUT2D eigenvalue weighted by molar-refractivity contribution is 7.17. The lowest BCUT2D eigenvalue weighted by Gasteiger charge is -2.17. The molecule has 124 valence electrons. The van der Waals surface area contributed by atoms with Crippen LogP contribution >= 0.6 is 11.3 Å². The van der Waals surface area contributed by atoms with Crippen LogP contribution < -0.4 is 5.56 Å². The minimum Gasteiger partial charge on any atom is -0.295 e. The summed E-state index contributed by atoms with van der Waals surface area (Å²) in [6.45, 7) is 0. The Kier molecular flexibility index (Phi) is 4.19. The second-order valence-corrected chi connectivity index (χ2v) is 7.29. The third-order valence-electron chi connectivity index (χ3n) is 4.89. The molecule has 2 heterocycles. The van der Waals surface area contributed by atoms with Gasteiger partial charge in [0, 0.05) is 22.5 Å². The van der Waals surface area contributed by atoms with Gasteiger partial charge >= 0.3 is 0 Å². The average molecular weight is 342 g/mol. The number of hydrogen-bond acceptors (Lipinski definition) is 3. The van der Waals surface area contributed by atoms with Gasteiger partial charge in [0.15, 0.2) is 0 Å². The van der Waals surface area contributed by atoms with E-state index in [4.69, 9.17) is 0 Å². The Morgan fingerprint density at radius 3 is 2.58 bits per heavy atom. The molecular formula is C19H19FN2OS.